The molecule has 3 rings (SSSR count). The lowest BCUT2D eigenvalue weighted by atomic mass is 10.2. The zero-order valence-electron chi connectivity index (χ0n) is 13.0. The molecule has 2 heterocycles. The molecule has 0 fully saturated rings. The fraction of sp³-hybridized carbons (Fsp3) is 0.176. The van der Waals surface area contributed by atoms with Crippen molar-refractivity contribution in [2.45, 2.75) is 19.9 Å². The van der Waals surface area contributed by atoms with Crippen molar-refractivity contribution in [3.8, 4) is 11.6 Å². The van der Waals surface area contributed by atoms with Crippen LogP contribution in [0.1, 0.15) is 24.4 Å². The van der Waals surface area contributed by atoms with Gasteiger partial charge in [-0.25, -0.2) is 4.98 Å². The Bertz CT molecular complexity index is 764. The van der Waals surface area contributed by atoms with E-state index in [1.807, 2.05) is 44.2 Å². The van der Waals surface area contributed by atoms with E-state index >= 15 is 0 Å². The first-order chi connectivity index (χ1) is 11.2. The highest BCUT2D eigenvalue weighted by Gasteiger charge is 2.10. The summed E-state index contributed by atoms with van der Waals surface area (Å²) in [6.45, 7) is 3.88. The van der Waals surface area contributed by atoms with Crippen LogP contribution < -0.4 is 10.1 Å². The van der Waals surface area contributed by atoms with Gasteiger partial charge in [0.25, 0.3) is 0 Å². The van der Waals surface area contributed by atoms with Gasteiger partial charge >= 0.3 is 0 Å². The van der Waals surface area contributed by atoms with Crippen LogP contribution in [0.3, 0.4) is 0 Å². The van der Waals surface area contributed by atoms with E-state index in [2.05, 4.69) is 25.3 Å². The molecule has 0 aliphatic carbocycles. The molecule has 1 N–H and O–H groups in total. The largest absolute Gasteiger partial charge is 0.439 e. The fourth-order valence-electron chi connectivity index (χ4n) is 2.07. The number of aryl methyl sites for hydroxylation is 1. The molecule has 1 atom stereocenters. The van der Waals surface area contributed by atoms with Gasteiger partial charge in [-0.1, -0.05) is 18.2 Å². The second kappa shape index (κ2) is 6.83. The number of nitrogens with one attached hydrogen (secondary N) is 1. The molecule has 0 unspecified atom stereocenters. The highest BCUT2D eigenvalue weighted by atomic mass is 16.5. The van der Waals surface area contributed by atoms with Crippen molar-refractivity contribution in [3.63, 3.8) is 0 Å². The Balaban J connectivity index is 1.78. The highest BCUT2D eigenvalue weighted by molar-refractivity contribution is 5.35. The summed E-state index contributed by atoms with van der Waals surface area (Å²) in [5, 5.41) is 3.22. The molecule has 2 aromatic heterocycles. The molecular weight excluding hydrogens is 290 g/mol. The number of para-hydroxylation sites is 1. The molecule has 116 valence electrons. The summed E-state index contributed by atoms with van der Waals surface area (Å²) in [7, 11) is 0. The van der Waals surface area contributed by atoms with Crippen molar-refractivity contribution in [2.24, 2.45) is 0 Å². The van der Waals surface area contributed by atoms with Crippen molar-refractivity contribution < 1.29 is 4.74 Å². The van der Waals surface area contributed by atoms with Crippen LogP contribution in [0, 0.1) is 6.92 Å². The summed E-state index contributed by atoms with van der Waals surface area (Å²) in [5.41, 5.74) is 1.64. The van der Waals surface area contributed by atoms with E-state index in [1.165, 1.54) is 0 Å². The van der Waals surface area contributed by atoms with E-state index in [4.69, 9.17) is 4.74 Å². The maximum absolute atomic E-state index is 5.77. The molecular formula is C17H17N5O. The average molecular weight is 307 g/mol. The predicted molar refractivity (Wildman–Crippen MR) is 87.4 cm³/mol. The van der Waals surface area contributed by atoms with Crippen molar-refractivity contribution >= 4 is 5.95 Å². The van der Waals surface area contributed by atoms with Gasteiger partial charge in [0.1, 0.15) is 5.75 Å². The first-order valence-electron chi connectivity index (χ1n) is 7.32. The minimum Gasteiger partial charge on any atom is -0.439 e. The minimum absolute atomic E-state index is 0.0601. The van der Waals surface area contributed by atoms with Crippen LogP contribution in [0.25, 0.3) is 0 Å². The molecule has 0 aliphatic rings. The summed E-state index contributed by atoms with van der Waals surface area (Å²) < 4.78 is 5.77. The SMILES string of the molecule is Cc1cc(Oc2ccccc2)nc(N[C@@H](C)c2cnccn2)n1. The molecule has 1 aromatic carbocycles. The van der Waals surface area contributed by atoms with E-state index in [0.717, 1.165) is 17.1 Å². The van der Waals surface area contributed by atoms with Gasteiger partial charge in [0.2, 0.25) is 11.8 Å². The molecule has 6 nitrogen and oxygen atoms in total. The van der Waals surface area contributed by atoms with Crippen LogP contribution in [0.4, 0.5) is 5.95 Å². The Morgan fingerprint density at radius 3 is 2.65 bits per heavy atom. The van der Waals surface area contributed by atoms with Gasteiger partial charge in [-0.05, 0) is 26.0 Å². The minimum atomic E-state index is -0.0601. The van der Waals surface area contributed by atoms with Gasteiger partial charge in [0.15, 0.2) is 0 Å². The maximum Gasteiger partial charge on any atom is 0.226 e. The third-order valence-electron chi connectivity index (χ3n) is 3.17. The molecule has 0 radical (unpaired) electrons. The number of hydrogen-bond donors (Lipinski definition) is 1. The van der Waals surface area contributed by atoms with Crippen LogP contribution in [-0.4, -0.2) is 19.9 Å². The Kier molecular flexibility index (Phi) is 4.42. The zero-order valence-corrected chi connectivity index (χ0v) is 13.0. The third-order valence-corrected chi connectivity index (χ3v) is 3.17. The van der Waals surface area contributed by atoms with Gasteiger partial charge < -0.3 is 10.1 Å². The molecule has 0 bridgehead atoms. The summed E-state index contributed by atoms with van der Waals surface area (Å²) in [4.78, 5) is 17.1. The van der Waals surface area contributed by atoms with Crippen LogP contribution in [0.15, 0.2) is 55.0 Å². The average Bonchev–Trinajstić information content (AvgIpc) is 2.56. The van der Waals surface area contributed by atoms with Crippen LogP contribution in [-0.2, 0) is 0 Å². The van der Waals surface area contributed by atoms with Crippen LogP contribution in [0.5, 0.6) is 11.6 Å². The molecule has 23 heavy (non-hydrogen) atoms. The Morgan fingerprint density at radius 2 is 1.91 bits per heavy atom. The number of ether oxygens (including phenoxy) is 1. The highest BCUT2D eigenvalue weighted by Crippen LogP contribution is 2.22. The third kappa shape index (κ3) is 4.00. The number of anilines is 1. The normalized spacial score (nSPS) is 11.7. The van der Waals surface area contributed by atoms with Crippen LogP contribution >= 0.6 is 0 Å². The summed E-state index contributed by atoms with van der Waals surface area (Å²) in [6.07, 6.45) is 5.02. The van der Waals surface area contributed by atoms with Crippen molar-refractivity contribution in [1.82, 2.24) is 19.9 Å². The van der Waals surface area contributed by atoms with Gasteiger partial charge in [-0.2, -0.15) is 4.98 Å². The first-order valence-corrected chi connectivity index (χ1v) is 7.32. The van der Waals surface area contributed by atoms with E-state index in [9.17, 15) is 0 Å². The van der Waals surface area contributed by atoms with Crippen molar-refractivity contribution in [3.05, 3.63) is 66.4 Å². The Hall–Kier alpha value is -3.02. The summed E-state index contributed by atoms with van der Waals surface area (Å²) in [6, 6.07) is 11.3. The molecule has 0 saturated carbocycles. The molecule has 0 amide bonds. The van der Waals surface area contributed by atoms with Gasteiger partial charge in [0, 0.05) is 24.2 Å². The lowest BCUT2D eigenvalue weighted by Crippen LogP contribution is -2.11. The summed E-state index contributed by atoms with van der Waals surface area (Å²) >= 11 is 0. The number of benzene rings is 1. The van der Waals surface area contributed by atoms with E-state index in [0.29, 0.717) is 11.8 Å². The Labute approximate surface area is 134 Å². The zero-order chi connectivity index (χ0) is 16.1. The standard InChI is InChI=1S/C17H17N5O/c1-12-10-16(23-14-6-4-3-5-7-14)22-17(20-12)21-13(2)15-11-18-8-9-19-15/h3-11,13H,1-2H3,(H,20,21,22)/t13-/m0/s1. The van der Waals surface area contributed by atoms with E-state index in [1.54, 1.807) is 24.7 Å². The lowest BCUT2D eigenvalue weighted by Gasteiger charge is -2.14. The van der Waals surface area contributed by atoms with Crippen LogP contribution in [0.2, 0.25) is 0 Å². The maximum atomic E-state index is 5.77. The second-order valence-corrected chi connectivity index (χ2v) is 5.08. The van der Waals surface area contributed by atoms with Gasteiger partial charge in [-0.15, -0.1) is 0 Å². The van der Waals surface area contributed by atoms with Crippen molar-refractivity contribution in [2.75, 3.05) is 5.32 Å². The van der Waals surface area contributed by atoms with Crippen molar-refractivity contribution in [1.29, 1.82) is 0 Å². The molecule has 0 spiro atoms. The quantitative estimate of drug-likeness (QED) is 0.777. The van der Waals surface area contributed by atoms with Gasteiger partial charge in [0.05, 0.1) is 17.9 Å². The number of rotatable bonds is 5. The van der Waals surface area contributed by atoms with Gasteiger partial charge in [-0.3, -0.25) is 9.97 Å². The molecule has 3 aromatic rings. The first kappa shape index (κ1) is 14.9. The smallest absolute Gasteiger partial charge is 0.226 e. The molecule has 6 heteroatoms. The molecule has 0 saturated heterocycles. The second-order valence-electron chi connectivity index (χ2n) is 5.08. The summed E-state index contributed by atoms with van der Waals surface area (Å²) in [5.74, 6) is 1.73. The molecule has 0 aliphatic heterocycles. The number of aromatic nitrogens is 4. The monoisotopic (exact) mass is 307 g/mol. The fourth-order valence-corrected chi connectivity index (χ4v) is 2.07. The number of nitrogens with zero attached hydrogens (tertiary/aromatic N) is 4. The lowest BCUT2D eigenvalue weighted by molar-refractivity contribution is 0.461. The predicted octanol–water partition coefficient (Wildman–Crippen LogP) is 3.54. The van der Waals surface area contributed by atoms with E-state index < -0.39 is 0 Å². The van der Waals surface area contributed by atoms with E-state index in [-0.39, 0.29) is 6.04 Å². The number of hydrogen-bond acceptors (Lipinski definition) is 6. The topological polar surface area (TPSA) is 72.8 Å². The Morgan fingerprint density at radius 1 is 1.09 bits per heavy atom.